The highest BCUT2D eigenvalue weighted by atomic mass is 35.5. The van der Waals surface area contributed by atoms with E-state index in [0.717, 1.165) is 18.4 Å². The molecule has 10 nitrogen and oxygen atoms in total. The van der Waals surface area contributed by atoms with Crippen LogP contribution in [0.25, 0.3) is 0 Å². The third kappa shape index (κ3) is 4.97. The van der Waals surface area contributed by atoms with Crippen molar-refractivity contribution in [2.75, 3.05) is 19.6 Å². The lowest BCUT2D eigenvalue weighted by Gasteiger charge is -2.37. The van der Waals surface area contributed by atoms with Gasteiger partial charge >= 0.3 is 0 Å². The molecule has 0 bridgehead atoms. The number of aliphatic hydroxyl groups is 1. The molecule has 2 heterocycles. The number of nitrogens with zero attached hydrogens (tertiary/aromatic N) is 3. The maximum atomic E-state index is 13.8. The summed E-state index contributed by atoms with van der Waals surface area (Å²) in [5.74, 6) is -0.608. The quantitative estimate of drug-likeness (QED) is 0.379. The van der Waals surface area contributed by atoms with Crippen LogP contribution >= 0.6 is 11.6 Å². The summed E-state index contributed by atoms with van der Waals surface area (Å²) >= 11 is 5.91. The number of sulfone groups is 1. The lowest BCUT2D eigenvalue weighted by Crippen LogP contribution is -2.56. The Kier molecular flexibility index (Phi) is 7.08. The molecular weight excluding hydrogens is 530 g/mol. The summed E-state index contributed by atoms with van der Waals surface area (Å²) in [7, 11) is -3.78. The lowest BCUT2D eigenvalue weighted by atomic mass is 10.1. The smallest absolute Gasteiger partial charge is 0.287 e. The van der Waals surface area contributed by atoms with Gasteiger partial charge in [0.1, 0.15) is 5.69 Å². The van der Waals surface area contributed by atoms with E-state index in [4.69, 9.17) is 11.6 Å². The summed E-state index contributed by atoms with van der Waals surface area (Å²) in [6, 6.07) is 7.48. The van der Waals surface area contributed by atoms with Crippen LogP contribution in [0.4, 0.5) is 0 Å². The molecule has 5 rings (SSSR count). The van der Waals surface area contributed by atoms with Gasteiger partial charge in [0.05, 0.1) is 21.8 Å². The average Bonchev–Trinajstić information content (AvgIpc) is 3.82. The van der Waals surface area contributed by atoms with E-state index in [9.17, 15) is 23.1 Å². The van der Waals surface area contributed by atoms with Crippen molar-refractivity contribution in [3.05, 3.63) is 52.6 Å². The maximum absolute atomic E-state index is 13.8. The number of hydrogen-bond donors (Lipinski definition) is 3. The minimum absolute atomic E-state index is 0.0592. The van der Waals surface area contributed by atoms with Gasteiger partial charge in [-0.1, -0.05) is 23.7 Å². The molecule has 2 amide bonds. The van der Waals surface area contributed by atoms with Crippen molar-refractivity contribution in [1.82, 2.24) is 25.1 Å². The molecule has 1 aromatic carbocycles. The average molecular weight is 564 g/mol. The molecule has 0 radical (unpaired) electrons. The van der Waals surface area contributed by atoms with Gasteiger partial charge in [0, 0.05) is 43.8 Å². The molecule has 2 saturated carbocycles. The normalized spacial score (nSPS) is 19.7. The third-order valence-corrected chi connectivity index (χ3v) is 11.6. The second-order valence-corrected chi connectivity index (χ2v) is 14.5. The number of rotatable bonds is 11. The monoisotopic (exact) mass is 563 g/mol. The van der Waals surface area contributed by atoms with Crippen molar-refractivity contribution in [2.45, 2.75) is 74.3 Å². The zero-order chi connectivity index (χ0) is 27.3. The van der Waals surface area contributed by atoms with Gasteiger partial charge in [-0.2, -0.15) is 0 Å². The molecule has 206 valence electrons. The lowest BCUT2D eigenvalue weighted by molar-refractivity contribution is 0.0697. The van der Waals surface area contributed by atoms with Gasteiger partial charge in [-0.15, -0.1) is 0 Å². The van der Waals surface area contributed by atoms with Crippen molar-refractivity contribution in [2.24, 2.45) is 0 Å². The first-order valence-electron chi connectivity index (χ1n) is 13.0. The second kappa shape index (κ2) is 9.93. The van der Waals surface area contributed by atoms with Crippen molar-refractivity contribution in [3.63, 3.8) is 0 Å². The van der Waals surface area contributed by atoms with Gasteiger partial charge in [0.25, 0.3) is 11.8 Å². The van der Waals surface area contributed by atoms with Crippen LogP contribution in [0.5, 0.6) is 0 Å². The molecular formula is C26H34ClN5O5S. The Bertz CT molecular complexity index is 1330. The summed E-state index contributed by atoms with van der Waals surface area (Å²) in [4.78, 5) is 31.9. The molecule has 1 aromatic heterocycles. The van der Waals surface area contributed by atoms with E-state index in [2.05, 4.69) is 15.6 Å². The first kappa shape index (κ1) is 27.1. The standard InChI is InChI=1S/C26H34ClN5O5S/c1-25(2,21(33)15-28-19-7-8-19)38(36,37)26(9-10-26)16-31-11-12-32-20(24(31)35)14-29-22(32)23(34)30-13-17-3-5-18(27)6-4-17/h3-6,14,19,21,28,33H,7-13,15-16H2,1-2H3,(H,30,34)/t21-/m0/s1. The minimum Gasteiger partial charge on any atom is -0.390 e. The molecule has 3 aliphatic rings. The van der Waals surface area contributed by atoms with Gasteiger partial charge in [0.15, 0.2) is 15.7 Å². The topological polar surface area (TPSA) is 134 Å². The van der Waals surface area contributed by atoms with Crippen molar-refractivity contribution >= 4 is 33.3 Å². The van der Waals surface area contributed by atoms with Crippen LogP contribution in [-0.2, 0) is 22.9 Å². The Labute approximate surface area is 227 Å². The summed E-state index contributed by atoms with van der Waals surface area (Å²) in [5, 5.41) is 17.4. The summed E-state index contributed by atoms with van der Waals surface area (Å²) in [6.07, 6.45) is 3.30. The SMILES string of the molecule is CC(C)([C@@H](O)CNC1CC1)S(=O)(=O)C1(CN2CCn3c(cnc3C(=O)NCc3ccc(Cl)cc3)C2=O)CC1. The highest BCUT2D eigenvalue weighted by Crippen LogP contribution is 2.50. The van der Waals surface area contributed by atoms with E-state index in [1.54, 1.807) is 35.4 Å². The van der Waals surface area contributed by atoms with E-state index >= 15 is 0 Å². The number of amides is 2. The number of hydrogen-bond acceptors (Lipinski definition) is 7. The van der Waals surface area contributed by atoms with Crippen LogP contribution in [-0.4, -0.2) is 81.1 Å². The molecule has 12 heteroatoms. The Morgan fingerprint density at radius 3 is 2.55 bits per heavy atom. The van der Waals surface area contributed by atoms with E-state index in [1.807, 2.05) is 12.1 Å². The van der Waals surface area contributed by atoms with E-state index in [1.165, 1.54) is 6.20 Å². The molecule has 2 fully saturated rings. The van der Waals surface area contributed by atoms with Crippen LogP contribution < -0.4 is 10.6 Å². The Morgan fingerprint density at radius 1 is 1.24 bits per heavy atom. The molecule has 38 heavy (non-hydrogen) atoms. The fourth-order valence-electron chi connectivity index (χ4n) is 5.00. The Morgan fingerprint density at radius 2 is 1.92 bits per heavy atom. The molecule has 0 unspecified atom stereocenters. The first-order chi connectivity index (χ1) is 17.9. The van der Waals surface area contributed by atoms with Gasteiger partial charge in [-0.25, -0.2) is 13.4 Å². The number of nitrogens with one attached hydrogen (secondary N) is 2. The number of aliphatic hydroxyl groups excluding tert-OH is 1. The number of carbonyl (C=O) groups excluding carboxylic acids is 2. The van der Waals surface area contributed by atoms with Gasteiger partial charge in [-0.05, 0) is 57.2 Å². The fraction of sp³-hybridized carbons (Fsp3) is 0.577. The summed E-state index contributed by atoms with van der Waals surface area (Å²) in [6.45, 7) is 4.31. The number of carbonyl (C=O) groups is 2. The minimum atomic E-state index is -3.78. The van der Waals surface area contributed by atoms with Crippen molar-refractivity contribution < 1.29 is 23.1 Å². The maximum Gasteiger partial charge on any atom is 0.287 e. The number of imidazole rings is 1. The molecule has 1 aliphatic heterocycles. The van der Waals surface area contributed by atoms with Gasteiger partial charge < -0.3 is 25.2 Å². The molecule has 2 aromatic rings. The Hall–Kier alpha value is -2.47. The second-order valence-electron chi connectivity index (χ2n) is 11.1. The molecule has 0 spiro atoms. The number of fused-ring (bicyclic) bond motifs is 1. The van der Waals surface area contributed by atoms with Crippen molar-refractivity contribution in [3.8, 4) is 0 Å². The molecule has 0 saturated heterocycles. The van der Waals surface area contributed by atoms with Crippen LogP contribution in [0.3, 0.4) is 0 Å². The molecule has 2 aliphatic carbocycles. The fourth-order valence-corrected chi connectivity index (χ4v) is 7.65. The van der Waals surface area contributed by atoms with Crippen LogP contribution in [0.15, 0.2) is 30.5 Å². The predicted molar refractivity (Wildman–Crippen MR) is 143 cm³/mol. The van der Waals surface area contributed by atoms with E-state index < -0.39 is 31.3 Å². The number of benzene rings is 1. The molecule has 1 atom stereocenters. The zero-order valence-corrected chi connectivity index (χ0v) is 23.2. The van der Waals surface area contributed by atoms with Gasteiger partial charge in [0.2, 0.25) is 0 Å². The first-order valence-corrected chi connectivity index (χ1v) is 14.8. The van der Waals surface area contributed by atoms with E-state index in [0.29, 0.717) is 30.5 Å². The predicted octanol–water partition coefficient (Wildman–Crippen LogP) is 1.76. The van der Waals surface area contributed by atoms with Crippen LogP contribution in [0.2, 0.25) is 5.02 Å². The Balaban J connectivity index is 1.25. The third-order valence-electron chi connectivity index (χ3n) is 8.05. The molecule has 3 N–H and O–H groups in total. The highest BCUT2D eigenvalue weighted by Gasteiger charge is 2.62. The van der Waals surface area contributed by atoms with Crippen molar-refractivity contribution in [1.29, 1.82) is 0 Å². The summed E-state index contributed by atoms with van der Waals surface area (Å²) < 4.78 is 26.7. The zero-order valence-electron chi connectivity index (χ0n) is 21.6. The van der Waals surface area contributed by atoms with Crippen LogP contribution in [0.1, 0.15) is 66.2 Å². The van der Waals surface area contributed by atoms with Gasteiger partial charge in [-0.3, -0.25) is 9.59 Å². The van der Waals surface area contributed by atoms with E-state index in [-0.39, 0.29) is 43.6 Å². The summed E-state index contributed by atoms with van der Waals surface area (Å²) in [5.41, 5.74) is 1.14. The number of halogens is 1. The van der Waals surface area contributed by atoms with Crippen LogP contribution in [0, 0.1) is 0 Å². The largest absolute Gasteiger partial charge is 0.390 e. The highest BCUT2D eigenvalue weighted by molar-refractivity contribution is 7.94. The number of aromatic nitrogens is 2.